The van der Waals surface area contributed by atoms with Gasteiger partial charge in [0.2, 0.25) is 0 Å². The third kappa shape index (κ3) is 4.77. The van der Waals surface area contributed by atoms with Crippen LogP contribution < -0.4 is 9.47 Å². The molecule has 0 radical (unpaired) electrons. The minimum absolute atomic E-state index is 0.0736. The summed E-state index contributed by atoms with van der Waals surface area (Å²) in [5, 5.41) is 10.6. The summed E-state index contributed by atoms with van der Waals surface area (Å²) in [4.78, 5) is 21.8. The van der Waals surface area contributed by atoms with Gasteiger partial charge in [0.1, 0.15) is 11.5 Å². The first kappa shape index (κ1) is 17.4. The fourth-order valence-electron chi connectivity index (χ4n) is 1.80. The third-order valence-electron chi connectivity index (χ3n) is 2.81. The smallest absolute Gasteiger partial charge is 0.349 e. The molecule has 23 heavy (non-hydrogen) atoms. The first-order chi connectivity index (χ1) is 10.9. The van der Waals surface area contributed by atoms with E-state index in [1.165, 1.54) is 24.3 Å². The molecule has 2 aromatic carbocycles. The van der Waals surface area contributed by atoms with Crippen LogP contribution in [-0.4, -0.2) is 17.5 Å². The molecule has 0 atom stereocenters. The van der Waals surface area contributed by atoms with Crippen molar-refractivity contribution in [1.29, 1.82) is 0 Å². The summed E-state index contributed by atoms with van der Waals surface area (Å²) in [5.41, 5.74) is 0.782. The van der Waals surface area contributed by atoms with Gasteiger partial charge < -0.3 is 9.47 Å². The number of carbonyl (C=O) groups is 1. The monoisotopic (exact) mass is 443 g/mol. The lowest BCUT2D eigenvalue weighted by Crippen LogP contribution is -2.18. The molecule has 0 saturated heterocycles. The number of nitro groups is 1. The average Bonchev–Trinajstić information content (AvgIpc) is 2.46. The molecule has 0 N–H and O–H groups in total. The van der Waals surface area contributed by atoms with E-state index >= 15 is 0 Å². The van der Waals surface area contributed by atoms with Crippen LogP contribution in [-0.2, 0) is 4.79 Å². The summed E-state index contributed by atoms with van der Waals surface area (Å²) in [6.45, 7) is 1.57. The van der Waals surface area contributed by atoms with Gasteiger partial charge in [0.15, 0.2) is 6.61 Å². The van der Waals surface area contributed by atoms with Crippen molar-refractivity contribution in [2.75, 3.05) is 6.61 Å². The van der Waals surface area contributed by atoms with E-state index in [2.05, 4.69) is 31.9 Å². The zero-order valence-corrected chi connectivity index (χ0v) is 15.1. The highest BCUT2D eigenvalue weighted by atomic mass is 79.9. The van der Waals surface area contributed by atoms with Crippen LogP contribution >= 0.6 is 31.9 Å². The second-order valence-electron chi connectivity index (χ2n) is 4.55. The van der Waals surface area contributed by atoms with Crippen LogP contribution in [0.3, 0.4) is 0 Å². The molecule has 0 aliphatic rings. The molecule has 0 aromatic heterocycles. The first-order valence-electron chi connectivity index (χ1n) is 6.40. The van der Waals surface area contributed by atoms with E-state index in [-0.39, 0.29) is 18.0 Å². The fourth-order valence-corrected chi connectivity index (χ4v) is 3.35. The zero-order chi connectivity index (χ0) is 17.0. The first-order valence-corrected chi connectivity index (χ1v) is 7.99. The van der Waals surface area contributed by atoms with Crippen molar-refractivity contribution < 1.29 is 19.2 Å². The number of ether oxygens (including phenoxy) is 2. The van der Waals surface area contributed by atoms with Crippen molar-refractivity contribution in [3.8, 4) is 11.5 Å². The molecule has 0 aliphatic carbocycles. The van der Waals surface area contributed by atoms with Gasteiger partial charge in [0.25, 0.3) is 5.69 Å². The Morgan fingerprint density at radius 3 is 2.43 bits per heavy atom. The van der Waals surface area contributed by atoms with Crippen LogP contribution in [0.25, 0.3) is 0 Å². The minimum atomic E-state index is -0.604. The molecular weight excluding hydrogens is 434 g/mol. The van der Waals surface area contributed by atoms with E-state index in [1.807, 2.05) is 19.1 Å². The second-order valence-corrected chi connectivity index (χ2v) is 6.32. The number of benzene rings is 2. The molecule has 6 nitrogen and oxygen atoms in total. The Morgan fingerprint density at radius 1 is 1.22 bits per heavy atom. The number of nitro benzene ring substituents is 1. The van der Waals surface area contributed by atoms with Gasteiger partial charge in [-0.2, -0.15) is 0 Å². The second kappa shape index (κ2) is 7.56. The molecule has 0 heterocycles. The largest absolute Gasteiger partial charge is 0.480 e. The molecule has 0 aliphatic heterocycles. The third-order valence-corrected chi connectivity index (χ3v) is 3.85. The van der Waals surface area contributed by atoms with E-state index in [1.54, 1.807) is 0 Å². The molecule has 0 fully saturated rings. The summed E-state index contributed by atoms with van der Waals surface area (Å²) in [6.07, 6.45) is 0. The van der Waals surface area contributed by atoms with Crippen molar-refractivity contribution in [2.24, 2.45) is 0 Å². The highest BCUT2D eigenvalue weighted by Gasteiger charge is 2.12. The van der Waals surface area contributed by atoms with Crippen molar-refractivity contribution in [3.63, 3.8) is 0 Å². The number of hydrogen-bond donors (Lipinski definition) is 0. The number of halogens is 2. The maximum absolute atomic E-state index is 11.8. The summed E-state index contributed by atoms with van der Waals surface area (Å²) < 4.78 is 12.1. The number of rotatable bonds is 5. The normalized spacial score (nSPS) is 10.2. The summed E-state index contributed by atoms with van der Waals surface area (Å²) in [7, 11) is 0. The van der Waals surface area contributed by atoms with Crippen LogP contribution in [0.15, 0.2) is 45.3 Å². The molecule has 2 rings (SSSR count). The minimum Gasteiger partial charge on any atom is -0.480 e. The highest BCUT2D eigenvalue weighted by Crippen LogP contribution is 2.32. The summed E-state index contributed by atoms with van der Waals surface area (Å²) in [6, 6.07) is 8.91. The zero-order valence-electron chi connectivity index (χ0n) is 11.9. The topological polar surface area (TPSA) is 78.7 Å². The molecule has 0 spiro atoms. The molecule has 8 heteroatoms. The van der Waals surface area contributed by atoms with Crippen LogP contribution in [0, 0.1) is 17.0 Å². The van der Waals surface area contributed by atoms with E-state index in [0.29, 0.717) is 10.2 Å². The Bertz CT molecular complexity index is 723. The molecule has 120 valence electrons. The Hall–Kier alpha value is -1.93. The van der Waals surface area contributed by atoms with Crippen LogP contribution in [0.2, 0.25) is 0 Å². The summed E-state index contributed by atoms with van der Waals surface area (Å²) in [5.74, 6) is 0.165. The number of carbonyl (C=O) groups excluding carboxylic acids is 1. The Kier molecular flexibility index (Phi) is 5.73. The lowest BCUT2D eigenvalue weighted by Gasteiger charge is -2.11. The molecule has 2 aromatic rings. The molecule has 0 unspecified atom stereocenters. The maximum Gasteiger partial charge on any atom is 0.349 e. The fraction of sp³-hybridized carbons (Fsp3) is 0.133. The van der Waals surface area contributed by atoms with Gasteiger partial charge in [-0.05, 0) is 52.7 Å². The van der Waals surface area contributed by atoms with E-state index in [0.717, 1.165) is 10.0 Å². The average molecular weight is 445 g/mol. The van der Waals surface area contributed by atoms with Gasteiger partial charge in [-0.15, -0.1) is 0 Å². The number of non-ortho nitro benzene ring substituents is 1. The Balaban J connectivity index is 1.96. The maximum atomic E-state index is 11.8. The molecule has 0 saturated carbocycles. The number of hydrogen-bond acceptors (Lipinski definition) is 5. The van der Waals surface area contributed by atoms with Crippen molar-refractivity contribution >= 4 is 43.5 Å². The van der Waals surface area contributed by atoms with Crippen LogP contribution in [0.1, 0.15) is 5.56 Å². The molecular formula is C15H11Br2NO5. The van der Waals surface area contributed by atoms with Crippen LogP contribution in [0.5, 0.6) is 11.5 Å². The molecule has 0 bridgehead atoms. The van der Waals surface area contributed by atoms with Crippen molar-refractivity contribution in [3.05, 3.63) is 61.0 Å². The standard InChI is InChI=1S/C15H11Br2NO5/c1-9-6-10(16)7-13(17)15(9)22-8-14(19)23-12-4-2-11(3-5-12)18(20)21/h2-7H,8H2,1H3. The number of esters is 1. The van der Waals surface area contributed by atoms with E-state index < -0.39 is 10.9 Å². The summed E-state index contributed by atoms with van der Waals surface area (Å²) >= 11 is 6.73. The number of aryl methyl sites for hydroxylation is 1. The lowest BCUT2D eigenvalue weighted by atomic mass is 10.2. The van der Waals surface area contributed by atoms with E-state index in [9.17, 15) is 14.9 Å². The van der Waals surface area contributed by atoms with E-state index in [4.69, 9.17) is 9.47 Å². The Morgan fingerprint density at radius 2 is 1.87 bits per heavy atom. The van der Waals surface area contributed by atoms with Gasteiger partial charge in [0.05, 0.1) is 9.40 Å². The van der Waals surface area contributed by atoms with Gasteiger partial charge in [-0.3, -0.25) is 10.1 Å². The van der Waals surface area contributed by atoms with Crippen molar-refractivity contribution in [2.45, 2.75) is 6.92 Å². The Labute approximate surface area is 148 Å². The predicted octanol–water partition coefficient (Wildman–Crippen LogP) is 4.41. The quantitative estimate of drug-likeness (QED) is 0.295. The lowest BCUT2D eigenvalue weighted by molar-refractivity contribution is -0.384. The van der Waals surface area contributed by atoms with Crippen molar-refractivity contribution in [1.82, 2.24) is 0 Å². The SMILES string of the molecule is Cc1cc(Br)cc(Br)c1OCC(=O)Oc1ccc([N+](=O)[O-])cc1. The highest BCUT2D eigenvalue weighted by molar-refractivity contribution is 9.11. The predicted molar refractivity (Wildman–Crippen MR) is 90.8 cm³/mol. The van der Waals surface area contributed by atoms with Gasteiger partial charge in [-0.1, -0.05) is 15.9 Å². The number of nitrogens with zero attached hydrogens (tertiary/aromatic N) is 1. The van der Waals surface area contributed by atoms with Crippen LogP contribution in [0.4, 0.5) is 5.69 Å². The van der Waals surface area contributed by atoms with Gasteiger partial charge >= 0.3 is 5.97 Å². The van der Waals surface area contributed by atoms with Gasteiger partial charge in [-0.25, -0.2) is 4.79 Å². The van der Waals surface area contributed by atoms with Gasteiger partial charge in [0, 0.05) is 16.6 Å². The molecule has 0 amide bonds.